The van der Waals surface area contributed by atoms with Crippen LogP contribution in [0.25, 0.3) is 16.5 Å². The molecule has 180 valence electrons. The number of nitriles is 1. The van der Waals surface area contributed by atoms with Crippen molar-refractivity contribution in [1.29, 1.82) is 5.26 Å². The normalized spacial score (nSPS) is 16.6. The van der Waals surface area contributed by atoms with Crippen molar-refractivity contribution in [2.45, 2.75) is 6.04 Å². The van der Waals surface area contributed by atoms with Gasteiger partial charge in [-0.1, -0.05) is 42.5 Å². The number of aliphatic hydroxyl groups is 1. The van der Waals surface area contributed by atoms with E-state index < -0.39 is 39.9 Å². The molecule has 0 saturated carbocycles. The molecule has 1 unspecified atom stereocenters. The van der Waals surface area contributed by atoms with Crippen LogP contribution in [0.2, 0.25) is 0 Å². The van der Waals surface area contributed by atoms with E-state index in [2.05, 4.69) is 0 Å². The van der Waals surface area contributed by atoms with Gasteiger partial charge in [-0.3, -0.25) is 24.6 Å². The lowest BCUT2D eigenvalue weighted by molar-refractivity contribution is -0.385. The fraction of sp³-hybridized carbons (Fsp3) is 0.0357. The Balaban J connectivity index is 1.75. The molecule has 1 aliphatic rings. The Morgan fingerprint density at radius 2 is 1.65 bits per heavy atom. The van der Waals surface area contributed by atoms with Crippen molar-refractivity contribution in [3.8, 4) is 11.8 Å². The minimum atomic E-state index is -1.24. The molecule has 0 aliphatic carbocycles. The zero-order valence-electron chi connectivity index (χ0n) is 19.0. The Morgan fingerprint density at radius 3 is 2.32 bits per heavy atom. The molecule has 4 aromatic carbocycles. The number of carbonyl (C=O) groups excluding carboxylic acids is 2. The monoisotopic (exact) mass is 491 g/mol. The number of anilines is 1. The van der Waals surface area contributed by atoms with Crippen molar-refractivity contribution >= 4 is 39.6 Å². The topological polar surface area (TPSA) is 145 Å². The third-order valence-corrected chi connectivity index (χ3v) is 6.25. The van der Waals surface area contributed by atoms with Gasteiger partial charge < -0.3 is 10.2 Å². The van der Waals surface area contributed by atoms with E-state index in [1.54, 1.807) is 18.2 Å². The van der Waals surface area contributed by atoms with Gasteiger partial charge in [0.05, 0.1) is 28.2 Å². The van der Waals surface area contributed by atoms with E-state index in [-0.39, 0.29) is 22.4 Å². The molecule has 1 fully saturated rings. The molecule has 0 aromatic heterocycles. The molecular formula is C28H17N3O6. The molecule has 1 aliphatic heterocycles. The fourth-order valence-corrected chi connectivity index (χ4v) is 4.46. The summed E-state index contributed by atoms with van der Waals surface area (Å²) in [5.41, 5.74) is 0.121. The first-order valence-corrected chi connectivity index (χ1v) is 11.1. The van der Waals surface area contributed by atoms with E-state index in [1.807, 2.05) is 30.3 Å². The Bertz CT molecular complexity index is 1680. The van der Waals surface area contributed by atoms with Gasteiger partial charge in [-0.15, -0.1) is 0 Å². The van der Waals surface area contributed by atoms with Crippen molar-refractivity contribution in [3.05, 3.63) is 117 Å². The average Bonchev–Trinajstić information content (AvgIpc) is 3.18. The van der Waals surface area contributed by atoms with Gasteiger partial charge >= 0.3 is 5.69 Å². The second-order valence-corrected chi connectivity index (χ2v) is 8.39. The van der Waals surface area contributed by atoms with E-state index in [0.29, 0.717) is 5.56 Å². The molecule has 2 N–H and O–H groups in total. The molecule has 37 heavy (non-hydrogen) atoms. The van der Waals surface area contributed by atoms with E-state index >= 15 is 0 Å². The summed E-state index contributed by atoms with van der Waals surface area (Å²) in [6.07, 6.45) is 0. The first-order valence-electron chi connectivity index (χ1n) is 11.1. The number of amides is 1. The van der Waals surface area contributed by atoms with Crippen LogP contribution in [0.15, 0.2) is 90.5 Å². The molecule has 9 nitrogen and oxygen atoms in total. The lowest BCUT2D eigenvalue weighted by Crippen LogP contribution is -2.29. The predicted octanol–water partition coefficient (Wildman–Crippen LogP) is 4.95. The highest BCUT2D eigenvalue weighted by Crippen LogP contribution is 2.44. The van der Waals surface area contributed by atoms with Crippen LogP contribution in [-0.2, 0) is 9.59 Å². The van der Waals surface area contributed by atoms with E-state index in [0.717, 1.165) is 27.8 Å². The molecular weight excluding hydrogens is 474 g/mol. The number of aromatic hydroxyl groups is 1. The first kappa shape index (κ1) is 23.3. The van der Waals surface area contributed by atoms with Gasteiger partial charge in [-0.05, 0) is 52.7 Å². The van der Waals surface area contributed by atoms with Crippen molar-refractivity contribution in [3.63, 3.8) is 0 Å². The van der Waals surface area contributed by atoms with Gasteiger partial charge in [0.1, 0.15) is 5.76 Å². The fourth-order valence-electron chi connectivity index (χ4n) is 4.46. The summed E-state index contributed by atoms with van der Waals surface area (Å²) in [6.45, 7) is 0. The number of nitro groups is 1. The third-order valence-electron chi connectivity index (χ3n) is 6.25. The van der Waals surface area contributed by atoms with Gasteiger partial charge in [0, 0.05) is 17.3 Å². The standard InChI is InChI=1S/C28H17N3O6/c29-15-16-5-10-21(11-6-16)30-25(19-9-12-23(32)22(14-19)31(36)37)24(27(34)28(30)35)26(33)20-8-7-17-3-1-2-4-18(17)13-20/h1-14,25,32-33H/b26-24+. The van der Waals surface area contributed by atoms with Gasteiger partial charge in [0.15, 0.2) is 5.75 Å². The molecule has 9 heteroatoms. The molecule has 0 spiro atoms. The van der Waals surface area contributed by atoms with Crippen LogP contribution in [0.4, 0.5) is 11.4 Å². The van der Waals surface area contributed by atoms with Gasteiger partial charge in [0.25, 0.3) is 11.7 Å². The van der Waals surface area contributed by atoms with Crippen molar-refractivity contribution in [2.24, 2.45) is 0 Å². The molecule has 4 aromatic rings. The van der Waals surface area contributed by atoms with E-state index in [4.69, 9.17) is 5.26 Å². The summed E-state index contributed by atoms with van der Waals surface area (Å²) in [7, 11) is 0. The number of ketones is 1. The summed E-state index contributed by atoms with van der Waals surface area (Å²) in [5.74, 6) is -2.96. The Kier molecular flexibility index (Phi) is 5.62. The number of carbonyl (C=O) groups is 2. The molecule has 1 amide bonds. The SMILES string of the molecule is N#Cc1ccc(N2C(=O)C(=O)/C(=C(/O)c3ccc4ccccc4c3)C2c2ccc(O)c([N+](=O)[O-])c2)cc1. The van der Waals surface area contributed by atoms with E-state index in [1.165, 1.54) is 30.3 Å². The van der Waals surface area contributed by atoms with Crippen LogP contribution in [0.5, 0.6) is 5.75 Å². The van der Waals surface area contributed by atoms with E-state index in [9.17, 15) is 29.9 Å². The minimum absolute atomic E-state index is 0.135. The maximum Gasteiger partial charge on any atom is 0.311 e. The van der Waals surface area contributed by atoms with Crippen LogP contribution in [0, 0.1) is 21.4 Å². The highest BCUT2D eigenvalue weighted by Gasteiger charge is 2.47. The first-order chi connectivity index (χ1) is 17.8. The van der Waals surface area contributed by atoms with Crippen molar-refractivity contribution in [2.75, 3.05) is 4.90 Å². The van der Waals surface area contributed by atoms with Crippen LogP contribution >= 0.6 is 0 Å². The zero-order valence-corrected chi connectivity index (χ0v) is 19.0. The summed E-state index contributed by atoms with van der Waals surface area (Å²) in [4.78, 5) is 38.4. The zero-order chi connectivity index (χ0) is 26.3. The number of hydrogen-bond acceptors (Lipinski definition) is 7. The number of phenols is 1. The van der Waals surface area contributed by atoms with Crippen LogP contribution in [0.1, 0.15) is 22.7 Å². The summed E-state index contributed by atoms with van der Waals surface area (Å²) in [6, 6.07) is 22.6. The van der Waals surface area contributed by atoms with Crippen LogP contribution in [0.3, 0.4) is 0 Å². The predicted molar refractivity (Wildman–Crippen MR) is 135 cm³/mol. The highest BCUT2D eigenvalue weighted by atomic mass is 16.6. The quantitative estimate of drug-likeness (QED) is 0.135. The molecule has 1 atom stereocenters. The Morgan fingerprint density at radius 1 is 0.946 bits per heavy atom. The van der Waals surface area contributed by atoms with Gasteiger partial charge in [0.2, 0.25) is 0 Å². The lowest BCUT2D eigenvalue weighted by atomic mass is 9.94. The largest absolute Gasteiger partial charge is 0.507 e. The maximum absolute atomic E-state index is 13.3. The average molecular weight is 491 g/mol. The van der Waals surface area contributed by atoms with Crippen LogP contribution in [-0.4, -0.2) is 26.8 Å². The van der Waals surface area contributed by atoms with Crippen molar-refractivity contribution < 1.29 is 24.7 Å². The number of hydrogen-bond donors (Lipinski definition) is 2. The number of Topliss-reactive ketones (excluding diaryl/α,β-unsaturated/α-hetero) is 1. The molecule has 0 bridgehead atoms. The second kappa shape index (κ2) is 8.94. The van der Waals surface area contributed by atoms with Gasteiger partial charge in [-0.25, -0.2) is 0 Å². The van der Waals surface area contributed by atoms with Crippen LogP contribution < -0.4 is 4.90 Å². The Hall–Kier alpha value is -5.49. The van der Waals surface area contributed by atoms with Gasteiger partial charge in [-0.2, -0.15) is 5.26 Å². The minimum Gasteiger partial charge on any atom is -0.507 e. The molecule has 5 rings (SSSR count). The molecule has 1 saturated heterocycles. The maximum atomic E-state index is 13.3. The molecule has 1 heterocycles. The second-order valence-electron chi connectivity index (χ2n) is 8.39. The number of nitro benzene ring substituents is 1. The summed E-state index contributed by atoms with van der Waals surface area (Å²) < 4.78 is 0. The smallest absolute Gasteiger partial charge is 0.311 e. The number of nitrogens with zero attached hydrogens (tertiary/aromatic N) is 3. The highest BCUT2D eigenvalue weighted by molar-refractivity contribution is 6.51. The van der Waals surface area contributed by atoms with Crippen molar-refractivity contribution in [1.82, 2.24) is 0 Å². The number of aliphatic hydroxyl groups excluding tert-OH is 1. The number of phenolic OH excluding ortho intramolecular Hbond substituents is 1. The number of rotatable bonds is 4. The number of benzene rings is 4. The summed E-state index contributed by atoms with van der Waals surface area (Å²) >= 11 is 0. The Labute approximate surface area is 209 Å². The summed E-state index contributed by atoms with van der Waals surface area (Å²) in [5, 5.41) is 43.6. The number of fused-ring (bicyclic) bond motifs is 1. The lowest BCUT2D eigenvalue weighted by Gasteiger charge is -2.25. The molecule has 0 radical (unpaired) electrons. The third kappa shape index (κ3) is 3.92.